The molecule has 0 N–H and O–H groups in total. The Bertz CT molecular complexity index is 642. The van der Waals surface area contributed by atoms with Crippen LogP contribution in [-0.2, 0) is 6.42 Å². The molecular weight excluding hydrogens is 292 g/mol. The van der Waals surface area contributed by atoms with Gasteiger partial charge in [0.05, 0.1) is 6.61 Å². The summed E-state index contributed by atoms with van der Waals surface area (Å²) in [5.41, 5.74) is 5.21. The Morgan fingerprint density at radius 2 is 1.88 bits per heavy atom. The lowest BCUT2D eigenvalue weighted by atomic mass is 9.90. The number of allylic oxidation sites excluding steroid dienone is 1. The second kappa shape index (κ2) is 9.32. The minimum atomic E-state index is 0.700. The fourth-order valence-corrected chi connectivity index (χ4v) is 3.13. The van der Waals surface area contributed by atoms with E-state index < -0.39 is 0 Å². The van der Waals surface area contributed by atoms with E-state index in [1.807, 2.05) is 30.3 Å². The van der Waals surface area contributed by atoms with Gasteiger partial charge in [-0.2, -0.15) is 0 Å². The molecule has 0 aliphatic heterocycles. The maximum atomic E-state index is 5.81. The van der Waals surface area contributed by atoms with Crippen molar-refractivity contribution in [3.8, 4) is 5.75 Å². The van der Waals surface area contributed by atoms with Crippen molar-refractivity contribution in [2.75, 3.05) is 6.61 Å². The van der Waals surface area contributed by atoms with E-state index in [1.54, 1.807) is 0 Å². The molecule has 1 nitrogen and oxygen atoms in total. The minimum absolute atomic E-state index is 0.700. The van der Waals surface area contributed by atoms with E-state index in [9.17, 15) is 0 Å². The van der Waals surface area contributed by atoms with Gasteiger partial charge in [-0.3, -0.25) is 0 Å². The monoisotopic (exact) mass is 322 g/mol. The maximum Gasteiger partial charge on any atom is 0.119 e. The van der Waals surface area contributed by atoms with Gasteiger partial charge in [-0.15, -0.1) is 0 Å². The molecule has 2 rings (SSSR count). The van der Waals surface area contributed by atoms with Gasteiger partial charge in [0.15, 0.2) is 0 Å². The summed E-state index contributed by atoms with van der Waals surface area (Å²) in [5.74, 6) is 1.63. The summed E-state index contributed by atoms with van der Waals surface area (Å²) in [6.07, 6.45) is 4.51. The first-order valence-corrected chi connectivity index (χ1v) is 9.05. The zero-order valence-electron chi connectivity index (χ0n) is 15.3. The van der Waals surface area contributed by atoms with Crippen molar-refractivity contribution in [3.63, 3.8) is 0 Å². The van der Waals surface area contributed by atoms with Crippen LogP contribution in [0, 0.1) is 12.8 Å². The van der Waals surface area contributed by atoms with E-state index >= 15 is 0 Å². The van der Waals surface area contributed by atoms with Gasteiger partial charge in [0, 0.05) is 6.42 Å². The van der Waals surface area contributed by atoms with Crippen molar-refractivity contribution in [3.05, 3.63) is 71.8 Å². The molecule has 0 saturated carbocycles. The Balaban J connectivity index is 1.96. The third kappa shape index (κ3) is 5.56. The fourth-order valence-electron chi connectivity index (χ4n) is 3.13. The highest BCUT2D eigenvalue weighted by Gasteiger charge is 2.09. The zero-order valence-corrected chi connectivity index (χ0v) is 15.3. The average Bonchev–Trinajstić information content (AvgIpc) is 2.57. The van der Waals surface area contributed by atoms with E-state index in [1.165, 1.54) is 35.1 Å². The zero-order chi connectivity index (χ0) is 17.4. The molecule has 128 valence electrons. The highest BCUT2D eigenvalue weighted by Crippen LogP contribution is 2.27. The summed E-state index contributed by atoms with van der Waals surface area (Å²) in [6, 6.07) is 16.7. The number of benzene rings is 2. The molecule has 0 amide bonds. The second-order valence-corrected chi connectivity index (χ2v) is 6.76. The molecular formula is C23H30O. The van der Waals surface area contributed by atoms with Crippen molar-refractivity contribution in [1.29, 1.82) is 0 Å². The topological polar surface area (TPSA) is 9.23 Å². The molecule has 0 saturated heterocycles. The molecule has 0 heterocycles. The molecule has 24 heavy (non-hydrogen) atoms. The van der Waals surface area contributed by atoms with Crippen LogP contribution in [0.1, 0.15) is 49.8 Å². The van der Waals surface area contributed by atoms with Crippen LogP contribution in [0.4, 0.5) is 0 Å². The summed E-state index contributed by atoms with van der Waals surface area (Å²) in [4.78, 5) is 0. The highest BCUT2D eigenvalue weighted by atomic mass is 16.5. The van der Waals surface area contributed by atoms with Gasteiger partial charge in [-0.25, -0.2) is 0 Å². The summed E-state index contributed by atoms with van der Waals surface area (Å²) in [7, 11) is 0. The smallest absolute Gasteiger partial charge is 0.119 e. The Morgan fingerprint density at radius 3 is 2.58 bits per heavy atom. The lowest BCUT2D eigenvalue weighted by Crippen LogP contribution is -2.03. The molecule has 0 radical (unpaired) electrons. The van der Waals surface area contributed by atoms with E-state index in [0.717, 1.165) is 18.6 Å². The van der Waals surface area contributed by atoms with Crippen LogP contribution in [0.15, 0.2) is 55.1 Å². The van der Waals surface area contributed by atoms with Crippen molar-refractivity contribution in [1.82, 2.24) is 0 Å². The van der Waals surface area contributed by atoms with E-state index in [4.69, 9.17) is 4.74 Å². The van der Waals surface area contributed by atoms with Crippen LogP contribution >= 0.6 is 0 Å². The third-order valence-corrected chi connectivity index (χ3v) is 4.46. The largest absolute Gasteiger partial charge is 0.493 e. The van der Waals surface area contributed by atoms with Crippen LogP contribution in [-0.4, -0.2) is 6.61 Å². The SMILES string of the molecule is C=C(CC(C)CCC)c1cc(CCOc2ccccc2)ccc1C. The molecule has 0 bridgehead atoms. The Hall–Kier alpha value is -2.02. The summed E-state index contributed by atoms with van der Waals surface area (Å²) in [5, 5.41) is 0. The van der Waals surface area contributed by atoms with Crippen molar-refractivity contribution in [2.45, 2.75) is 46.5 Å². The van der Waals surface area contributed by atoms with Gasteiger partial charge < -0.3 is 4.74 Å². The van der Waals surface area contributed by atoms with Crippen LogP contribution in [0.2, 0.25) is 0 Å². The summed E-state index contributed by atoms with van der Waals surface area (Å²) < 4.78 is 5.81. The number of hydrogen-bond donors (Lipinski definition) is 0. The standard InChI is InChI=1S/C23H30O/c1-5-9-18(2)16-20(4)23-17-21(13-12-19(23)3)14-15-24-22-10-7-6-8-11-22/h6-8,10-13,17-18H,4-5,9,14-16H2,1-3H3. The molecule has 2 aromatic carbocycles. The lowest BCUT2D eigenvalue weighted by Gasteiger charge is -2.16. The van der Waals surface area contributed by atoms with Gasteiger partial charge in [-0.1, -0.05) is 69.7 Å². The fraction of sp³-hybridized carbons (Fsp3) is 0.391. The van der Waals surface area contributed by atoms with E-state index in [-0.39, 0.29) is 0 Å². The van der Waals surface area contributed by atoms with Crippen LogP contribution in [0.5, 0.6) is 5.75 Å². The van der Waals surface area contributed by atoms with Crippen molar-refractivity contribution < 1.29 is 4.74 Å². The van der Waals surface area contributed by atoms with Gasteiger partial charge in [0.1, 0.15) is 5.75 Å². The first-order chi connectivity index (χ1) is 11.6. The molecule has 0 aromatic heterocycles. The van der Waals surface area contributed by atoms with Gasteiger partial charge in [0.2, 0.25) is 0 Å². The Labute approximate surface area is 147 Å². The number of rotatable bonds is 9. The Morgan fingerprint density at radius 1 is 1.12 bits per heavy atom. The molecule has 0 fully saturated rings. The number of para-hydroxylation sites is 1. The number of hydrogen-bond acceptors (Lipinski definition) is 1. The normalized spacial score (nSPS) is 12.0. The number of ether oxygens (including phenoxy) is 1. The molecule has 0 aliphatic carbocycles. The van der Waals surface area contributed by atoms with E-state index in [2.05, 4.69) is 45.5 Å². The van der Waals surface area contributed by atoms with Gasteiger partial charge in [0.25, 0.3) is 0 Å². The molecule has 1 unspecified atom stereocenters. The highest BCUT2D eigenvalue weighted by molar-refractivity contribution is 5.67. The minimum Gasteiger partial charge on any atom is -0.493 e. The predicted molar refractivity (Wildman–Crippen MR) is 105 cm³/mol. The summed E-state index contributed by atoms with van der Waals surface area (Å²) >= 11 is 0. The summed E-state index contributed by atoms with van der Waals surface area (Å²) in [6.45, 7) is 11.8. The first-order valence-electron chi connectivity index (χ1n) is 9.05. The average molecular weight is 322 g/mol. The van der Waals surface area contributed by atoms with Crippen LogP contribution in [0.3, 0.4) is 0 Å². The van der Waals surface area contributed by atoms with Crippen molar-refractivity contribution in [2.24, 2.45) is 5.92 Å². The molecule has 1 heteroatoms. The quantitative estimate of drug-likeness (QED) is 0.515. The lowest BCUT2D eigenvalue weighted by molar-refractivity contribution is 0.322. The molecule has 1 atom stereocenters. The van der Waals surface area contributed by atoms with Crippen molar-refractivity contribution >= 4 is 5.57 Å². The predicted octanol–water partition coefficient (Wildman–Crippen LogP) is 6.46. The van der Waals surface area contributed by atoms with Crippen LogP contribution < -0.4 is 4.74 Å². The second-order valence-electron chi connectivity index (χ2n) is 6.76. The van der Waals surface area contributed by atoms with Gasteiger partial charge >= 0.3 is 0 Å². The van der Waals surface area contributed by atoms with E-state index in [0.29, 0.717) is 12.5 Å². The Kier molecular flexibility index (Phi) is 7.11. The van der Waals surface area contributed by atoms with Crippen LogP contribution in [0.25, 0.3) is 5.57 Å². The first kappa shape index (κ1) is 18.3. The van der Waals surface area contributed by atoms with Gasteiger partial charge in [-0.05, 0) is 53.7 Å². The number of aryl methyl sites for hydroxylation is 1. The molecule has 2 aromatic rings. The molecule has 0 aliphatic rings. The molecule has 0 spiro atoms. The third-order valence-electron chi connectivity index (χ3n) is 4.46. The maximum absolute atomic E-state index is 5.81.